The number of anilines is 1. The lowest BCUT2D eigenvalue weighted by Gasteiger charge is -2.28. The second-order valence-corrected chi connectivity index (χ2v) is 4.20. The molecule has 8 heteroatoms. The fraction of sp³-hybridized carbons (Fsp3) is 0.333. The van der Waals surface area contributed by atoms with Crippen LogP contribution < -0.4 is 10.6 Å². The standard InChI is InChI=1S/C12H13F3N2O3/c1-11(10(19)20,12(13,14)15)16-7-9(18)17-8-5-3-2-4-6-8/h2-6,16H,7H2,1H3,(H,17,18)(H,19,20). The Labute approximate surface area is 112 Å². The van der Waals surface area contributed by atoms with Gasteiger partial charge < -0.3 is 10.4 Å². The number of carbonyl (C=O) groups is 2. The van der Waals surface area contributed by atoms with Crippen LogP contribution in [0.1, 0.15) is 6.92 Å². The highest BCUT2D eigenvalue weighted by molar-refractivity contribution is 5.92. The first-order chi connectivity index (χ1) is 9.17. The molecule has 0 aliphatic carbocycles. The number of carboxylic acid groups (broad SMARTS) is 1. The van der Waals surface area contributed by atoms with Crippen molar-refractivity contribution >= 4 is 17.6 Å². The zero-order valence-electron chi connectivity index (χ0n) is 10.5. The molecule has 0 spiro atoms. The Balaban J connectivity index is 2.65. The Hall–Kier alpha value is -2.09. The van der Waals surface area contributed by atoms with Gasteiger partial charge in [-0.3, -0.25) is 10.1 Å². The number of halogens is 3. The van der Waals surface area contributed by atoms with E-state index >= 15 is 0 Å². The molecule has 0 radical (unpaired) electrons. The van der Waals surface area contributed by atoms with Crippen LogP contribution in [0.4, 0.5) is 18.9 Å². The van der Waals surface area contributed by atoms with Crippen molar-refractivity contribution in [3.05, 3.63) is 30.3 Å². The number of para-hydroxylation sites is 1. The predicted octanol–water partition coefficient (Wildman–Crippen LogP) is 1.62. The summed E-state index contributed by atoms with van der Waals surface area (Å²) in [5.41, 5.74) is -2.77. The van der Waals surface area contributed by atoms with E-state index in [0.717, 1.165) is 0 Å². The zero-order chi connectivity index (χ0) is 15.4. The molecule has 20 heavy (non-hydrogen) atoms. The molecule has 0 aliphatic rings. The van der Waals surface area contributed by atoms with E-state index in [0.29, 0.717) is 12.6 Å². The monoisotopic (exact) mass is 290 g/mol. The quantitative estimate of drug-likeness (QED) is 0.770. The second kappa shape index (κ2) is 5.91. The molecule has 1 aromatic rings. The van der Waals surface area contributed by atoms with E-state index < -0.39 is 30.1 Å². The van der Waals surface area contributed by atoms with Crippen molar-refractivity contribution in [3.8, 4) is 0 Å². The number of carbonyl (C=O) groups excluding carboxylic acids is 1. The third-order valence-electron chi connectivity index (χ3n) is 2.65. The molecule has 0 saturated heterocycles. The van der Waals surface area contributed by atoms with Gasteiger partial charge >= 0.3 is 12.1 Å². The van der Waals surface area contributed by atoms with Crippen LogP contribution in [0, 0.1) is 0 Å². The number of amides is 1. The molecule has 1 amide bonds. The van der Waals surface area contributed by atoms with Gasteiger partial charge in [-0.15, -0.1) is 0 Å². The molecule has 0 bridgehead atoms. The van der Waals surface area contributed by atoms with Gasteiger partial charge in [0.15, 0.2) is 0 Å². The number of nitrogens with one attached hydrogen (secondary N) is 2. The maximum atomic E-state index is 12.7. The topological polar surface area (TPSA) is 78.4 Å². The summed E-state index contributed by atoms with van der Waals surface area (Å²) in [6.45, 7) is -0.317. The summed E-state index contributed by atoms with van der Waals surface area (Å²) in [5, 5.41) is 12.7. The van der Waals surface area contributed by atoms with E-state index in [1.54, 1.807) is 35.6 Å². The minimum absolute atomic E-state index is 0.406. The van der Waals surface area contributed by atoms with Gasteiger partial charge in [-0.05, 0) is 19.1 Å². The van der Waals surface area contributed by atoms with Crippen LogP contribution in [0.2, 0.25) is 0 Å². The molecule has 1 rings (SSSR count). The Bertz CT molecular complexity index is 490. The molecule has 0 fully saturated rings. The number of rotatable bonds is 5. The van der Waals surface area contributed by atoms with Gasteiger partial charge in [0.25, 0.3) is 0 Å². The maximum absolute atomic E-state index is 12.7. The number of hydrogen-bond acceptors (Lipinski definition) is 3. The fourth-order valence-electron chi connectivity index (χ4n) is 1.28. The van der Waals surface area contributed by atoms with Crippen molar-refractivity contribution in [2.75, 3.05) is 11.9 Å². The third kappa shape index (κ3) is 3.70. The van der Waals surface area contributed by atoms with Crippen LogP contribution in [0.3, 0.4) is 0 Å². The molecule has 0 aliphatic heterocycles. The van der Waals surface area contributed by atoms with Crippen LogP contribution in [-0.4, -0.2) is 35.2 Å². The van der Waals surface area contributed by atoms with Gasteiger partial charge in [0.2, 0.25) is 11.4 Å². The Morgan fingerprint density at radius 2 is 1.75 bits per heavy atom. The molecule has 5 nitrogen and oxygen atoms in total. The van der Waals surface area contributed by atoms with Gasteiger partial charge in [-0.2, -0.15) is 13.2 Å². The van der Waals surface area contributed by atoms with E-state index in [1.165, 1.54) is 0 Å². The number of hydrogen-bond donors (Lipinski definition) is 3. The zero-order valence-corrected chi connectivity index (χ0v) is 10.5. The lowest BCUT2D eigenvalue weighted by atomic mass is 10.0. The van der Waals surface area contributed by atoms with E-state index in [9.17, 15) is 22.8 Å². The molecule has 3 N–H and O–H groups in total. The second-order valence-electron chi connectivity index (χ2n) is 4.20. The van der Waals surface area contributed by atoms with Gasteiger partial charge in [0, 0.05) is 5.69 Å². The first kappa shape index (κ1) is 16.0. The Kier molecular flexibility index (Phi) is 4.72. The summed E-state index contributed by atoms with van der Waals surface area (Å²) in [6, 6.07) is 8.09. The molecule has 1 atom stereocenters. The maximum Gasteiger partial charge on any atom is 0.417 e. The molecular weight excluding hydrogens is 277 g/mol. The molecule has 0 saturated carbocycles. The molecule has 0 aromatic heterocycles. The van der Waals surface area contributed by atoms with Crippen molar-refractivity contribution in [2.24, 2.45) is 0 Å². The first-order valence-electron chi connectivity index (χ1n) is 5.57. The largest absolute Gasteiger partial charge is 0.480 e. The minimum Gasteiger partial charge on any atom is -0.480 e. The van der Waals surface area contributed by atoms with E-state index in [2.05, 4.69) is 5.32 Å². The molecule has 110 valence electrons. The summed E-state index contributed by atoms with van der Waals surface area (Å²) in [6.07, 6.45) is -5.02. The van der Waals surface area contributed by atoms with Gasteiger partial charge in [0.05, 0.1) is 6.54 Å². The van der Waals surface area contributed by atoms with Gasteiger partial charge in [0.1, 0.15) is 0 Å². The predicted molar refractivity (Wildman–Crippen MR) is 65.2 cm³/mol. The van der Waals surface area contributed by atoms with E-state index in [-0.39, 0.29) is 0 Å². The third-order valence-corrected chi connectivity index (χ3v) is 2.65. The fourth-order valence-corrected chi connectivity index (χ4v) is 1.28. The van der Waals surface area contributed by atoms with E-state index in [1.807, 2.05) is 0 Å². The highest BCUT2D eigenvalue weighted by Gasteiger charge is 2.57. The summed E-state index contributed by atoms with van der Waals surface area (Å²) in [4.78, 5) is 22.2. The summed E-state index contributed by atoms with van der Waals surface area (Å²) in [7, 11) is 0. The normalized spacial score (nSPS) is 14.4. The lowest BCUT2D eigenvalue weighted by Crippen LogP contribution is -2.61. The van der Waals surface area contributed by atoms with Gasteiger partial charge in [-0.1, -0.05) is 18.2 Å². The summed E-state index contributed by atoms with van der Waals surface area (Å²) < 4.78 is 38.0. The van der Waals surface area contributed by atoms with Crippen LogP contribution in [0.5, 0.6) is 0 Å². The average molecular weight is 290 g/mol. The highest BCUT2D eigenvalue weighted by Crippen LogP contribution is 2.30. The molecule has 0 heterocycles. The van der Waals surface area contributed by atoms with Crippen molar-refractivity contribution in [3.63, 3.8) is 0 Å². The van der Waals surface area contributed by atoms with Crippen LogP contribution >= 0.6 is 0 Å². The Morgan fingerprint density at radius 1 is 1.20 bits per heavy atom. The first-order valence-corrected chi connectivity index (χ1v) is 5.57. The lowest BCUT2D eigenvalue weighted by molar-refractivity contribution is -0.205. The van der Waals surface area contributed by atoms with Crippen molar-refractivity contribution < 1.29 is 27.9 Å². The molecule has 1 aromatic carbocycles. The highest BCUT2D eigenvalue weighted by atomic mass is 19.4. The van der Waals surface area contributed by atoms with Crippen LogP contribution in [0.25, 0.3) is 0 Å². The van der Waals surface area contributed by atoms with Crippen molar-refractivity contribution in [2.45, 2.75) is 18.6 Å². The van der Waals surface area contributed by atoms with Crippen molar-refractivity contribution in [1.29, 1.82) is 0 Å². The number of benzene rings is 1. The van der Waals surface area contributed by atoms with Crippen LogP contribution in [0.15, 0.2) is 30.3 Å². The summed E-state index contributed by atoms with van der Waals surface area (Å²) in [5.74, 6) is -2.87. The number of alkyl halides is 3. The van der Waals surface area contributed by atoms with Gasteiger partial charge in [-0.25, -0.2) is 4.79 Å². The molecule has 1 unspecified atom stereocenters. The van der Waals surface area contributed by atoms with Crippen LogP contribution in [-0.2, 0) is 9.59 Å². The SMILES string of the molecule is CC(NCC(=O)Nc1ccccc1)(C(=O)O)C(F)(F)F. The number of carboxylic acids is 1. The average Bonchev–Trinajstić information content (AvgIpc) is 2.35. The van der Waals surface area contributed by atoms with E-state index in [4.69, 9.17) is 5.11 Å². The molecular formula is C12H13F3N2O3. The number of aliphatic carboxylic acids is 1. The minimum atomic E-state index is -5.02. The Morgan fingerprint density at radius 3 is 2.20 bits per heavy atom. The summed E-state index contributed by atoms with van der Waals surface area (Å²) >= 11 is 0. The van der Waals surface area contributed by atoms with Crippen molar-refractivity contribution in [1.82, 2.24) is 5.32 Å². The smallest absolute Gasteiger partial charge is 0.417 e.